The molecule has 1 heterocycles. The van der Waals surface area contributed by atoms with Crippen LogP contribution in [-0.4, -0.2) is 4.98 Å². The van der Waals surface area contributed by atoms with Gasteiger partial charge in [-0.05, 0) is 46.9 Å². The van der Waals surface area contributed by atoms with Gasteiger partial charge in [0.1, 0.15) is 0 Å². The first-order valence-corrected chi connectivity index (χ1v) is 6.55. The molecule has 1 nitrogen and oxygen atoms in total. The fourth-order valence-corrected chi connectivity index (χ4v) is 2.22. The third kappa shape index (κ3) is 2.62. The van der Waals surface area contributed by atoms with Gasteiger partial charge in [0, 0.05) is 15.3 Å². The van der Waals surface area contributed by atoms with Crippen molar-refractivity contribution in [1.29, 1.82) is 0 Å². The SMILES string of the molecule is Clc1cc(Cl)c(-c2ccc(I)cn2)cc1Cl. The molecule has 0 saturated carbocycles. The number of benzene rings is 1. The molecule has 0 aliphatic heterocycles. The van der Waals surface area contributed by atoms with Crippen LogP contribution in [0.4, 0.5) is 0 Å². The Balaban J connectivity index is 2.56. The van der Waals surface area contributed by atoms with Crippen molar-refractivity contribution in [3.63, 3.8) is 0 Å². The Bertz CT molecular complexity index is 525. The zero-order chi connectivity index (χ0) is 11.7. The van der Waals surface area contributed by atoms with Crippen molar-refractivity contribution in [2.75, 3.05) is 0 Å². The van der Waals surface area contributed by atoms with Crippen LogP contribution in [0.15, 0.2) is 30.5 Å². The first-order chi connectivity index (χ1) is 7.58. The highest BCUT2D eigenvalue weighted by molar-refractivity contribution is 14.1. The first kappa shape index (κ1) is 12.4. The molecule has 0 spiro atoms. The summed E-state index contributed by atoms with van der Waals surface area (Å²) in [5.74, 6) is 0. The van der Waals surface area contributed by atoms with Gasteiger partial charge >= 0.3 is 0 Å². The average Bonchev–Trinajstić information content (AvgIpc) is 2.25. The van der Waals surface area contributed by atoms with Crippen LogP contribution in [0.2, 0.25) is 15.1 Å². The maximum Gasteiger partial charge on any atom is 0.0718 e. The van der Waals surface area contributed by atoms with Gasteiger partial charge in [-0.3, -0.25) is 4.98 Å². The van der Waals surface area contributed by atoms with Crippen LogP contribution in [0.1, 0.15) is 0 Å². The number of hydrogen-bond acceptors (Lipinski definition) is 1. The second kappa shape index (κ2) is 5.08. The maximum absolute atomic E-state index is 6.09. The van der Waals surface area contributed by atoms with E-state index in [0.717, 1.165) is 14.8 Å². The highest BCUT2D eigenvalue weighted by Crippen LogP contribution is 2.34. The monoisotopic (exact) mass is 383 g/mol. The number of hydrogen-bond donors (Lipinski definition) is 0. The Kier molecular flexibility index (Phi) is 3.95. The highest BCUT2D eigenvalue weighted by Gasteiger charge is 2.08. The van der Waals surface area contributed by atoms with Crippen molar-refractivity contribution < 1.29 is 0 Å². The quantitative estimate of drug-likeness (QED) is 0.479. The summed E-state index contributed by atoms with van der Waals surface area (Å²) < 4.78 is 1.07. The minimum absolute atomic E-state index is 0.445. The topological polar surface area (TPSA) is 12.9 Å². The van der Waals surface area contributed by atoms with E-state index in [-0.39, 0.29) is 0 Å². The van der Waals surface area contributed by atoms with E-state index in [9.17, 15) is 0 Å². The number of rotatable bonds is 1. The van der Waals surface area contributed by atoms with E-state index < -0.39 is 0 Å². The summed E-state index contributed by atoms with van der Waals surface area (Å²) in [6.07, 6.45) is 1.77. The van der Waals surface area contributed by atoms with Gasteiger partial charge in [-0.2, -0.15) is 0 Å². The zero-order valence-corrected chi connectivity index (χ0v) is 12.3. The van der Waals surface area contributed by atoms with Gasteiger partial charge in [-0.1, -0.05) is 34.8 Å². The van der Waals surface area contributed by atoms with Gasteiger partial charge in [0.2, 0.25) is 0 Å². The third-order valence-electron chi connectivity index (χ3n) is 2.01. The molecule has 5 heteroatoms. The molecule has 0 aliphatic rings. The molecule has 0 amide bonds. The summed E-state index contributed by atoms with van der Waals surface area (Å²) in [6, 6.07) is 7.21. The van der Waals surface area contributed by atoms with Gasteiger partial charge in [-0.25, -0.2) is 0 Å². The predicted octanol–water partition coefficient (Wildman–Crippen LogP) is 5.31. The molecule has 2 aromatic rings. The third-order valence-corrected chi connectivity index (χ3v) is 3.69. The lowest BCUT2D eigenvalue weighted by atomic mass is 10.1. The maximum atomic E-state index is 6.09. The largest absolute Gasteiger partial charge is 0.255 e. The van der Waals surface area contributed by atoms with Crippen molar-refractivity contribution in [3.8, 4) is 11.3 Å². The zero-order valence-electron chi connectivity index (χ0n) is 7.85. The van der Waals surface area contributed by atoms with Gasteiger partial charge in [-0.15, -0.1) is 0 Å². The van der Waals surface area contributed by atoms with Crippen LogP contribution >= 0.6 is 57.4 Å². The standard InChI is InChI=1S/C11H5Cl3IN/c12-8-4-10(14)9(13)3-7(8)11-2-1-6(15)5-16-11/h1-5H. The fourth-order valence-electron chi connectivity index (χ4n) is 1.25. The summed E-state index contributed by atoms with van der Waals surface area (Å²) in [6.45, 7) is 0. The van der Waals surface area contributed by atoms with Gasteiger partial charge in [0.05, 0.1) is 20.8 Å². The van der Waals surface area contributed by atoms with Gasteiger partial charge in [0.25, 0.3) is 0 Å². The summed E-state index contributed by atoms with van der Waals surface area (Å²) in [5.41, 5.74) is 1.57. The lowest BCUT2D eigenvalue weighted by molar-refractivity contribution is 1.31. The molecule has 1 aromatic carbocycles. The van der Waals surface area contributed by atoms with Gasteiger partial charge in [0.15, 0.2) is 0 Å². The first-order valence-electron chi connectivity index (χ1n) is 4.34. The molecule has 16 heavy (non-hydrogen) atoms. The van der Waals surface area contributed by atoms with E-state index in [2.05, 4.69) is 27.6 Å². The second-order valence-corrected chi connectivity index (χ2v) is 5.58. The highest BCUT2D eigenvalue weighted by atomic mass is 127. The molecule has 0 atom stereocenters. The van der Waals surface area contributed by atoms with Crippen LogP contribution in [-0.2, 0) is 0 Å². The van der Waals surface area contributed by atoms with Crippen molar-refractivity contribution in [2.24, 2.45) is 0 Å². The number of halogens is 4. The van der Waals surface area contributed by atoms with Crippen molar-refractivity contribution in [1.82, 2.24) is 4.98 Å². The molecule has 0 fully saturated rings. The lowest BCUT2D eigenvalue weighted by Crippen LogP contribution is -1.86. The molecular weight excluding hydrogens is 379 g/mol. The minimum Gasteiger partial charge on any atom is -0.255 e. The Morgan fingerprint density at radius 1 is 0.938 bits per heavy atom. The summed E-state index contributed by atoms with van der Waals surface area (Å²) in [4.78, 5) is 4.29. The molecule has 0 unspecified atom stereocenters. The molecule has 0 bridgehead atoms. The minimum atomic E-state index is 0.445. The molecule has 0 saturated heterocycles. The van der Waals surface area contributed by atoms with Crippen molar-refractivity contribution in [2.45, 2.75) is 0 Å². The number of nitrogens with zero attached hydrogens (tertiary/aromatic N) is 1. The lowest BCUT2D eigenvalue weighted by Gasteiger charge is -2.05. The molecule has 2 rings (SSSR count). The number of aromatic nitrogens is 1. The van der Waals surface area contributed by atoms with E-state index in [0.29, 0.717) is 15.1 Å². The molecule has 0 aliphatic carbocycles. The summed E-state index contributed by atoms with van der Waals surface area (Å²) in [7, 11) is 0. The van der Waals surface area contributed by atoms with Crippen LogP contribution in [0.25, 0.3) is 11.3 Å². The van der Waals surface area contributed by atoms with Crippen molar-refractivity contribution in [3.05, 3.63) is 49.1 Å². The van der Waals surface area contributed by atoms with E-state index >= 15 is 0 Å². The predicted molar refractivity (Wildman–Crippen MR) is 77.4 cm³/mol. The van der Waals surface area contributed by atoms with E-state index in [4.69, 9.17) is 34.8 Å². The van der Waals surface area contributed by atoms with Crippen LogP contribution in [0.5, 0.6) is 0 Å². The van der Waals surface area contributed by atoms with Crippen molar-refractivity contribution >= 4 is 57.4 Å². The summed E-state index contributed by atoms with van der Waals surface area (Å²) >= 11 is 20.1. The smallest absolute Gasteiger partial charge is 0.0718 e. The number of pyridine rings is 1. The van der Waals surface area contributed by atoms with Gasteiger partial charge < -0.3 is 0 Å². The van der Waals surface area contributed by atoms with E-state index in [1.165, 1.54) is 0 Å². The summed E-state index contributed by atoms with van der Waals surface area (Å²) in [5, 5.41) is 1.46. The molecule has 0 radical (unpaired) electrons. The van der Waals surface area contributed by atoms with Crippen LogP contribution < -0.4 is 0 Å². The fraction of sp³-hybridized carbons (Fsp3) is 0. The van der Waals surface area contributed by atoms with E-state index in [1.54, 1.807) is 18.3 Å². The van der Waals surface area contributed by atoms with Crippen LogP contribution in [0, 0.1) is 3.57 Å². The van der Waals surface area contributed by atoms with E-state index in [1.807, 2.05) is 12.1 Å². The molecule has 1 aromatic heterocycles. The Labute approximate surface area is 122 Å². The Morgan fingerprint density at radius 2 is 1.62 bits per heavy atom. The Morgan fingerprint density at radius 3 is 2.25 bits per heavy atom. The second-order valence-electron chi connectivity index (χ2n) is 3.11. The average molecular weight is 384 g/mol. The molecular formula is C11H5Cl3IN. The normalized spacial score (nSPS) is 10.5. The molecule has 82 valence electrons. The van der Waals surface area contributed by atoms with Crippen LogP contribution in [0.3, 0.4) is 0 Å². The molecule has 0 N–H and O–H groups in total. The Hall–Kier alpha value is -0.0300.